The number of halogens is 1. The molecule has 0 spiro atoms. The molecule has 2 aromatic carbocycles. The number of ether oxygens (including phenoxy) is 1. The average molecular weight is 339 g/mol. The predicted octanol–water partition coefficient (Wildman–Crippen LogP) is 3.76. The van der Waals surface area contributed by atoms with Gasteiger partial charge in [-0.3, -0.25) is 0 Å². The Labute approximate surface area is 137 Å². The van der Waals surface area contributed by atoms with Gasteiger partial charge in [0.25, 0.3) is 0 Å². The summed E-state index contributed by atoms with van der Waals surface area (Å²) in [5, 5.41) is 18.3. The van der Waals surface area contributed by atoms with Crippen molar-refractivity contribution in [1.29, 1.82) is 0 Å². The molecule has 22 heavy (non-hydrogen) atoms. The van der Waals surface area contributed by atoms with E-state index in [1.54, 1.807) is 12.1 Å². The second-order valence-electron chi connectivity index (χ2n) is 4.63. The zero-order valence-electron chi connectivity index (χ0n) is 11.9. The smallest absolute Gasteiger partial charge is 0.341 e. The maximum atomic E-state index is 10.5. The van der Waals surface area contributed by atoms with Crippen molar-refractivity contribution < 1.29 is 19.7 Å². The van der Waals surface area contributed by atoms with Gasteiger partial charge in [0.2, 0.25) is 0 Å². The molecule has 4 nitrogen and oxygen atoms in total. The van der Waals surface area contributed by atoms with Gasteiger partial charge in [0, 0.05) is 9.79 Å². The van der Waals surface area contributed by atoms with E-state index in [-0.39, 0.29) is 13.2 Å². The number of rotatable bonds is 6. The summed E-state index contributed by atoms with van der Waals surface area (Å²) in [6.45, 7) is 1.46. The lowest BCUT2D eigenvalue weighted by atomic mass is 10.2. The quantitative estimate of drug-likeness (QED) is 0.839. The molecule has 0 amide bonds. The van der Waals surface area contributed by atoms with Gasteiger partial charge in [-0.05, 0) is 48.4 Å². The van der Waals surface area contributed by atoms with Crippen LogP contribution in [0.4, 0.5) is 0 Å². The minimum Gasteiger partial charge on any atom is -0.482 e. The lowest BCUT2D eigenvalue weighted by Crippen LogP contribution is -2.09. The molecule has 0 saturated carbocycles. The molecule has 6 heteroatoms. The number of benzene rings is 2. The van der Waals surface area contributed by atoms with E-state index in [0.29, 0.717) is 10.8 Å². The number of aryl methyl sites for hydroxylation is 1. The molecule has 0 aliphatic carbocycles. The van der Waals surface area contributed by atoms with Crippen LogP contribution < -0.4 is 4.74 Å². The molecular weight excluding hydrogens is 324 g/mol. The Hall–Kier alpha value is -1.69. The van der Waals surface area contributed by atoms with Crippen LogP contribution in [0.15, 0.2) is 46.2 Å². The van der Waals surface area contributed by atoms with Crippen molar-refractivity contribution in [3.8, 4) is 5.75 Å². The Kier molecular flexibility index (Phi) is 5.71. The first-order valence-corrected chi connectivity index (χ1v) is 7.71. The number of aliphatic carboxylic acids is 1. The van der Waals surface area contributed by atoms with Crippen LogP contribution in [-0.4, -0.2) is 22.8 Å². The fourth-order valence-electron chi connectivity index (χ4n) is 1.84. The van der Waals surface area contributed by atoms with Crippen LogP contribution in [0, 0.1) is 6.92 Å². The van der Waals surface area contributed by atoms with Crippen LogP contribution in [0.25, 0.3) is 0 Å². The number of hydrogen-bond donors (Lipinski definition) is 2. The van der Waals surface area contributed by atoms with Gasteiger partial charge < -0.3 is 14.9 Å². The van der Waals surface area contributed by atoms with Crippen LogP contribution in [0.5, 0.6) is 5.75 Å². The van der Waals surface area contributed by atoms with E-state index in [4.69, 9.17) is 26.6 Å². The molecule has 0 atom stereocenters. The lowest BCUT2D eigenvalue weighted by Gasteiger charge is -2.10. The van der Waals surface area contributed by atoms with E-state index in [0.717, 1.165) is 20.9 Å². The zero-order chi connectivity index (χ0) is 16.1. The molecule has 2 rings (SSSR count). The van der Waals surface area contributed by atoms with Gasteiger partial charge in [-0.1, -0.05) is 29.4 Å². The molecule has 0 fully saturated rings. The maximum absolute atomic E-state index is 10.5. The third kappa shape index (κ3) is 4.40. The summed E-state index contributed by atoms with van der Waals surface area (Å²) in [4.78, 5) is 12.4. The molecule has 0 unspecified atom stereocenters. The van der Waals surface area contributed by atoms with Crippen LogP contribution in [0.2, 0.25) is 5.02 Å². The fraction of sp³-hybridized carbons (Fsp3) is 0.188. The number of carbonyl (C=O) groups is 1. The van der Waals surface area contributed by atoms with Crippen molar-refractivity contribution in [2.45, 2.75) is 23.3 Å². The number of hydrogen-bond acceptors (Lipinski definition) is 4. The molecular formula is C16H15ClO4S. The Bertz CT molecular complexity index is 688. The van der Waals surface area contributed by atoms with Crippen molar-refractivity contribution in [1.82, 2.24) is 0 Å². The topological polar surface area (TPSA) is 66.8 Å². The Morgan fingerprint density at radius 2 is 2.05 bits per heavy atom. The standard InChI is InChI=1S/C16H15ClO4S/c1-10-6-12(3-4-14(10)21-9-16(19)20)22-15-5-2-11(8-18)7-13(15)17/h2-7,18H,8-9H2,1H3,(H,19,20). The van der Waals surface area contributed by atoms with Crippen molar-refractivity contribution in [2.24, 2.45) is 0 Å². The van der Waals surface area contributed by atoms with Crippen LogP contribution >= 0.6 is 23.4 Å². The SMILES string of the molecule is Cc1cc(Sc2ccc(CO)cc2Cl)ccc1OCC(=O)O. The summed E-state index contributed by atoms with van der Waals surface area (Å²) < 4.78 is 5.19. The summed E-state index contributed by atoms with van der Waals surface area (Å²) in [5.74, 6) is -0.456. The molecule has 2 aromatic rings. The minimum atomic E-state index is -1.01. The van der Waals surface area contributed by atoms with E-state index in [1.807, 2.05) is 31.2 Å². The molecule has 0 aliphatic heterocycles. The Morgan fingerprint density at radius 3 is 2.64 bits per heavy atom. The number of carboxylic acids is 1. The van der Waals surface area contributed by atoms with Gasteiger partial charge in [0.05, 0.1) is 11.6 Å². The summed E-state index contributed by atoms with van der Waals surface area (Å²) in [7, 11) is 0. The highest BCUT2D eigenvalue weighted by Crippen LogP contribution is 2.35. The van der Waals surface area contributed by atoms with E-state index in [2.05, 4.69) is 0 Å². The van der Waals surface area contributed by atoms with Gasteiger partial charge in [-0.15, -0.1) is 0 Å². The van der Waals surface area contributed by atoms with Crippen molar-refractivity contribution >= 4 is 29.3 Å². The summed E-state index contributed by atoms with van der Waals surface area (Å²) in [6, 6.07) is 10.9. The second-order valence-corrected chi connectivity index (χ2v) is 6.16. The fourth-order valence-corrected chi connectivity index (χ4v) is 3.08. The zero-order valence-corrected chi connectivity index (χ0v) is 13.4. The van der Waals surface area contributed by atoms with E-state index in [9.17, 15) is 4.79 Å². The molecule has 0 bridgehead atoms. The number of aliphatic hydroxyl groups excluding tert-OH is 1. The van der Waals surface area contributed by atoms with Crippen LogP contribution in [0.1, 0.15) is 11.1 Å². The molecule has 0 radical (unpaired) electrons. The number of carboxylic acid groups (broad SMARTS) is 1. The molecule has 0 aliphatic rings. The second kappa shape index (κ2) is 7.54. The predicted molar refractivity (Wildman–Crippen MR) is 85.8 cm³/mol. The molecule has 0 heterocycles. The van der Waals surface area contributed by atoms with Gasteiger partial charge in [-0.25, -0.2) is 4.79 Å². The van der Waals surface area contributed by atoms with Crippen LogP contribution in [-0.2, 0) is 11.4 Å². The minimum absolute atomic E-state index is 0.0423. The third-order valence-corrected chi connectivity index (χ3v) is 4.39. The highest BCUT2D eigenvalue weighted by molar-refractivity contribution is 7.99. The van der Waals surface area contributed by atoms with Crippen molar-refractivity contribution in [2.75, 3.05) is 6.61 Å². The van der Waals surface area contributed by atoms with Gasteiger partial charge >= 0.3 is 5.97 Å². The first-order valence-electron chi connectivity index (χ1n) is 6.52. The maximum Gasteiger partial charge on any atom is 0.341 e. The third-order valence-electron chi connectivity index (χ3n) is 2.90. The monoisotopic (exact) mass is 338 g/mol. The Balaban J connectivity index is 2.13. The van der Waals surface area contributed by atoms with Crippen molar-refractivity contribution in [3.63, 3.8) is 0 Å². The van der Waals surface area contributed by atoms with Crippen LogP contribution in [0.3, 0.4) is 0 Å². The molecule has 2 N–H and O–H groups in total. The molecule has 116 valence electrons. The van der Waals surface area contributed by atoms with Gasteiger partial charge in [0.15, 0.2) is 6.61 Å². The van der Waals surface area contributed by atoms with E-state index >= 15 is 0 Å². The highest BCUT2D eigenvalue weighted by atomic mass is 35.5. The number of aliphatic hydroxyl groups is 1. The summed E-state index contributed by atoms with van der Waals surface area (Å²) in [5.41, 5.74) is 1.62. The normalized spacial score (nSPS) is 10.5. The molecule has 0 saturated heterocycles. The largest absolute Gasteiger partial charge is 0.482 e. The average Bonchev–Trinajstić information content (AvgIpc) is 2.48. The highest BCUT2D eigenvalue weighted by Gasteiger charge is 2.07. The van der Waals surface area contributed by atoms with E-state index < -0.39 is 5.97 Å². The first kappa shape index (κ1) is 16.7. The lowest BCUT2D eigenvalue weighted by molar-refractivity contribution is -0.139. The van der Waals surface area contributed by atoms with Gasteiger partial charge in [-0.2, -0.15) is 0 Å². The van der Waals surface area contributed by atoms with Gasteiger partial charge in [0.1, 0.15) is 5.75 Å². The Morgan fingerprint density at radius 1 is 1.27 bits per heavy atom. The summed E-state index contributed by atoms with van der Waals surface area (Å²) in [6.07, 6.45) is 0. The first-order chi connectivity index (χ1) is 10.5. The molecule has 0 aromatic heterocycles. The van der Waals surface area contributed by atoms with E-state index in [1.165, 1.54) is 11.8 Å². The summed E-state index contributed by atoms with van der Waals surface area (Å²) >= 11 is 7.69. The van der Waals surface area contributed by atoms with Crippen molar-refractivity contribution in [3.05, 3.63) is 52.5 Å².